The Labute approximate surface area is 159 Å². The van der Waals surface area contributed by atoms with Gasteiger partial charge in [-0.1, -0.05) is 19.3 Å². The second-order valence-corrected chi connectivity index (χ2v) is 7.55. The summed E-state index contributed by atoms with van der Waals surface area (Å²) < 4.78 is 0. The zero-order chi connectivity index (χ0) is 18.8. The number of nitrogens with one attached hydrogen (secondary N) is 3. The number of rotatable bonds is 3. The number of aromatic nitrogens is 2. The molecule has 3 aromatic rings. The molecular weight excluding hydrogens is 336 g/mol. The Morgan fingerprint density at radius 1 is 1.04 bits per heavy atom. The number of imidazole rings is 1. The van der Waals surface area contributed by atoms with Gasteiger partial charge in [-0.2, -0.15) is 0 Å². The molecule has 5 heteroatoms. The Morgan fingerprint density at radius 3 is 2.48 bits per heavy atom. The molecule has 140 valence electrons. The Balaban J connectivity index is 1.44. The van der Waals surface area contributed by atoms with E-state index in [0.717, 1.165) is 41.0 Å². The van der Waals surface area contributed by atoms with Crippen LogP contribution in [-0.2, 0) is 0 Å². The van der Waals surface area contributed by atoms with Crippen molar-refractivity contribution in [3.05, 3.63) is 47.5 Å². The lowest BCUT2D eigenvalue weighted by Gasteiger charge is -2.22. The molecule has 0 unspecified atom stereocenters. The monoisotopic (exact) mass is 362 g/mol. The molecule has 1 heterocycles. The van der Waals surface area contributed by atoms with Crippen LogP contribution in [0.1, 0.15) is 43.2 Å². The van der Waals surface area contributed by atoms with E-state index in [4.69, 9.17) is 4.98 Å². The van der Waals surface area contributed by atoms with Gasteiger partial charge in [0.05, 0.1) is 11.0 Å². The van der Waals surface area contributed by atoms with Crippen LogP contribution in [-0.4, -0.2) is 22.0 Å². The van der Waals surface area contributed by atoms with Crippen molar-refractivity contribution in [2.75, 3.05) is 5.32 Å². The molecule has 2 aromatic carbocycles. The van der Waals surface area contributed by atoms with E-state index in [9.17, 15) is 4.79 Å². The van der Waals surface area contributed by atoms with Crippen molar-refractivity contribution in [1.82, 2.24) is 15.3 Å². The number of H-pyrrole nitrogens is 1. The van der Waals surface area contributed by atoms with Crippen LogP contribution in [0.4, 0.5) is 10.5 Å². The van der Waals surface area contributed by atoms with Crippen LogP contribution >= 0.6 is 0 Å². The number of fused-ring (bicyclic) bond motifs is 1. The molecule has 0 spiro atoms. The predicted octanol–water partition coefficient (Wildman–Crippen LogP) is 5.30. The number of amides is 2. The summed E-state index contributed by atoms with van der Waals surface area (Å²) in [5, 5.41) is 6.00. The molecule has 1 aliphatic carbocycles. The number of hydrogen-bond donors (Lipinski definition) is 3. The number of aromatic amines is 1. The van der Waals surface area contributed by atoms with Crippen molar-refractivity contribution < 1.29 is 4.79 Å². The molecule has 1 saturated carbocycles. The first-order chi connectivity index (χ1) is 13.1. The van der Waals surface area contributed by atoms with E-state index in [-0.39, 0.29) is 6.03 Å². The summed E-state index contributed by atoms with van der Waals surface area (Å²) in [5.41, 5.74) is 6.30. The largest absolute Gasteiger partial charge is 0.338 e. The minimum Gasteiger partial charge on any atom is -0.338 e. The van der Waals surface area contributed by atoms with Crippen molar-refractivity contribution in [1.29, 1.82) is 0 Å². The topological polar surface area (TPSA) is 69.8 Å². The highest BCUT2D eigenvalue weighted by atomic mass is 16.2. The van der Waals surface area contributed by atoms with Gasteiger partial charge in [0.2, 0.25) is 0 Å². The molecule has 1 aliphatic rings. The number of aryl methyl sites for hydroxylation is 2. The van der Waals surface area contributed by atoms with E-state index in [2.05, 4.69) is 41.6 Å². The summed E-state index contributed by atoms with van der Waals surface area (Å²) in [6, 6.07) is 12.2. The summed E-state index contributed by atoms with van der Waals surface area (Å²) in [6.45, 7) is 4.20. The molecule has 2 amide bonds. The molecule has 3 N–H and O–H groups in total. The third kappa shape index (κ3) is 3.97. The number of anilines is 1. The molecule has 0 radical (unpaired) electrons. The van der Waals surface area contributed by atoms with Crippen LogP contribution in [0.3, 0.4) is 0 Å². The highest BCUT2D eigenvalue weighted by Crippen LogP contribution is 2.24. The summed E-state index contributed by atoms with van der Waals surface area (Å²) in [6.07, 6.45) is 5.85. The molecule has 4 rings (SSSR count). The first-order valence-electron chi connectivity index (χ1n) is 9.73. The lowest BCUT2D eigenvalue weighted by molar-refractivity contribution is 0.244. The van der Waals surface area contributed by atoms with Crippen LogP contribution in [0.25, 0.3) is 22.4 Å². The molecule has 5 nitrogen and oxygen atoms in total. The van der Waals surface area contributed by atoms with E-state index >= 15 is 0 Å². The van der Waals surface area contributed by atoms with E-state index in [0.29, 0.717) is 6.04 Å². The molecule has 1 aromatic heterocycles. The molecule has 0 aliphatic heterocycles. The van der Waals surface area contributed by atoms with Gasteiger partial charge in [-0.15, -0.1) is 0 Å². The highest BCUT2D eigenvalue weighted by Gasteiger charge is 2.15. The minimum absolute atomic E-state index is 0.121. The van der Waals surface area contributed by atoms with E-state index in [1.54, 1.807) is 0 Å². The third-order valence-corrected chi connectivity index (χ3v) is 5.45. The fraction of sp³-hybridized carbons (Fsp3) is 0.364. The molecular formula is C22H26N4O. The van der Waals surface area contributed by atoms with Crippen molar-refractivity contribution in [2.45, 2.75) is 52.0 Å². The van der Waals surface area contributed by atoms with Crippen LogP contribution in [0.15, 0.2) is 36.4 Å². The standard InChI is InChI=1S/C22H26N4O/c1-14-12-19-20(13-15(14)2)26-21(25-19)16-8-10-18(11-9-16)24-22(27)23-17-6-4-3-5-7-17/h8-13,17H,3-7H2,1-2H3,(H,25,26)(H2,23,24,27). The number of hydrogen-bond acceptors (Lipinski definition) is 2. The zero-order valence-corrected chi connectivity index (χ0v) is 15.9. The normalized spacial score (nSPS) is 15.0. The third-order valence-electron chi connectivity index (χ3n) is 5.45. The van der Waals surface area contributed by atoms with Gasteiger partial charge in [-0.3, -0.25) is 0 Å². The van der Waals surface area contributed by atoms with E-state index in [1.165, 1.54) is 30.4 Å². The van der Waals surface area contributed by atoms with Gasteiger partial charge in [0, 0.05) is 17.3 Å². The van der Waals surface area contributed by atoms with E-state index in [1.807, 2.05) is 24.3 Å². The molecule has 0 atom stereocenters. The number of nitrogens with zero attached hydrogens (tertiary/aromatic N) is 1. The summed E-state index contributed by atoms with van der Waals surface area (Å²) in [5.74, 6) is 0.841. The smallest absolute Gasteiger partial charge is 0.319 e. The number of carbonyl (C=O) groups is 1. The molecule has 1 fully saturated rings. The van der Waals surface area contributed by atoms with Crippen LogP contribution in [0.2, 0.25) is 0 Å². The molecule has 27 heavy (non-hydrogen) atoms. The van der Waals surface area contributed by atoms with Gasteiger partial charge in [-0.05, 0) is 74.2 Å². The van der Waals surface area contributed by atoms with Crippen LogP contribution in [0.5, 0.6) is 0 Å². The van der Waals surface area contributed by atoms with Gasteiger partial charge in [0.15, 0.2) is 0 Å². The van der Waals surface area contributed by atoms with E-state index < -0.39 is 0 Å². The summed E-state index contributed by atoms with van der Waals surface area (Å²) in [7, 11) is 0. The SMILES string of the molecule is Cc1cc2nc(-c3ccc(NC(=O)NC4CCCCC4)cc3)[nH]c2cc1C. The predicted molar refractivity (Wildman–Crippen MR) is 110 cm³/mol. The van der Waals surface area contributed by atoms with Gasteiger partial charge >= 0.3 is 6.03 Å². The maximum absolute atomic E-state index is 12.2. The zero-order valence-electron chi connectivity index (χ0n) is 15.9. The van der Waals surface area contributed by atoms with Crippen molar-refractivity contribution in [3.8, 4) is 11.4 Å². The maximum atomic E-state index is 12.2. The van der Waals surface area contributed by atoms with Gasteiger partial charge in [0.25, 0.3) is 0 Å². The maximum Gasteiger partial charge on any atom is 0.319 e. The fourth-order valence-electron chi connectivity index (χ4n) is 3.72. The fourth-order valence-corrected chi connectivity index (χ4v) is 3.72. The highest BCUT2D eigenvalue weighted by molar-refractivity contribution is 5.90. The van der Waals surface area contributed by atoms with Gasteiger partial charge in [0.1, 0.15) is 5.82 Å². The van der Waals surface area contributed by atoms with Crippen LogP contribution in [0, 0.1) is 13.8 Å². The Morgan fingerprint density at radius 2 is 1.74 bits per heavy atom. The van der Waals surface area contributed by atoms with Gasteiger partial charge < -0.3 is 15.6 Å². The second kappa shape index (κ2) is 7.43. The van der Waals surface area contributed by atoms with Crippen molar-refractivity contribution in [2.24, 2.45) is 0 Å². The Kier molecular flexibility index (Phi) is 4.84. The summed E-state index contributed by atoms with van der Waals surface area (Å²) >= 11 is 0. The molecule has 0 saturated heterocycles. The lowest BCUT2D eigenvalue weighted by Crippen LogP contribution is -2.38. The Hall–Kier alpha value is -2.82. The number of benzene rings is 2. The number of urea groups is 1. The Bertz CT molecular complexity index is 913. The average Bonchev–Trinajstić information content (AvgIpc) is 3.06. The minimum atomic E-state index is -0.121. The quantitative estimate of drug-likeness (QED) is 0.591. The number of carbonyl (C=O) groups excluding carboxylic acids is 1. The molecule has 0 bridgehead atoms. The van der Waals surface area contributed by atoms with Gasteiger partial charge in [-0.25, -0.2) is 9.78 Å². The van der Waals surface area contributed by atoms with Crippen molar-refractivity contribution in [3.63, 3.8) is 0 Å². The lowest BCUT2D eigenvalue weighted by atomic mass is 9.96. The van der Waals surface area contributed by atoms with Crippen molar-refractivity contribution >= 4 is 22.8 Å². The first kappa shape index (κ1) is 17.6. The van der Waals surface area contributed by atoms with Crippen LogP contribution < -0.4 is 10.6 Å². The first-order valence-corrected chi connectivity index (χ1v) is 9.73. The summed E-state index contributed by atoms with van der Waals surface area (Å²) in [4.78, 5) is 20.3. The second-order valence-electron chi connectivity index (χ2n) is 7.55. The average molecular weight is 362 g/mol.